The molecule has 0 atom stereocenters. The Balaban J connectivity index is 2.33. The third-order valence-electron chi connectivity index (χ3n) is 2.88. The van der Waals surface area contributed by atoms with Crippen molar-refractivity contribution in [2.24, 2.45) is 0 Å². The average molecular weight is 285 g/mol. The number of anilines is 2. The van der Waals surface area contributed by atoms with Crippen LogP contribution in [-0.2, 0) is 0 Å². The fraction of sp³-hybridized carbons (Fsp3) is 0.0667. The Morgan fingerprint density at radius 2 is 2.14 bits per heavy atom. The predicted molar refractivity (Wildman–Crippen MR) is 76.5 cm³/mol. The van der Waals surface area contributed by atoms with E-state index in [1.807, 2.05) is 6.07 Å². The first-order chi connectivity index (χ1) is 10.1. The van der Waals surface area contributed by atoms with Crippen LogP contribution in [0.1, 0.15) is 15.9 Å². The number of ether oxygens (including phenoxy) is 1. The number of benzene rings is 2. The van der Waals surface area contributed by atoms with Gasteiger partial charge in [-0.2, -0.15) is 5.26 Å². The monoisotopic (exact) mass is 285 g/mol. The van der Waals surface area contributed by atoms with Crippen LogP contribution in [0.5, 0.6) is 5.75 Å². The number of hydrogen-bond acceptors (Lipinski definition) is 4. The highest BCUT2D eigenvalue weighted by Gasteiger charge is 2.15. The van der Waals surface area contributed by atoms with Crippen molar-refractivity contribution in [1.82, 2.24) is 0 Å². The van der Waals surface area contributed by atoms with Gasteiger partial charge in [-0.3, -0.25) is 4.79 Å². The van der Waals surface area contributed by atoms with E-state index in [0.717, 1.165) is 12.1 Å². The summed E-state index contributed by atoms with van der Waals surface area (Å²) in [6.45, 7) is 0. The van der Waals surface area contributed by atoms with E-state index in [2.05, 4.69) is 5.32 Å². The summed E-state index contributed by atoms with van der Waals surface area (Å²) in [6, 6.07) is 10.1. The first kappa shape index (κ1) is 14.3. The summed E-state index contributed by atoms with van der Waals surface area (Å²) >= 11 is 0. The van der Waals surface area contributed by atoms with Crippen LogP contribution in [0, 0.1) is 17.1 Å². The number of para-hydroxylation sites is 1. The summed E-state index contributed by atoms with van der Waals surface area (Å²) in [5, 5.41) is 11.5. The summed E-state index contributed by atoms with van der Waals surface area (Å²) in [4.78, 5) is 12.2. The quantitative estimate of drug-likeness (QED) is 0.848. The molecule has 0 aliphatic carbocycles. The normalized spacial score (nSPS) is 9.76. The maximum Gasteiger partial charge on any atom is 0.257 e. The van der Waals surface area contributed by atoms with E-state index in [1.165, 1.54) is 19.2 Å². The maximum absolute atomic E-state index is 13.1. The lowest BCUT2D eigenvalue weighted by Gasteiger charge is -2.11. The number of nitrogen functional groups attached to an aromatic ring is 1. The highest BCUT2D eigenvalue weighted by molar-refractivity contribution is 6.09. The number of rotatable bonds is 3. The Bertz CT molecular complexity index is 738. The minimum Gasteiger partial charge on any atom is -0.495 e. The number of hydrogen-bond donors (Lipinski definition) is 2. The zero-order valence-electron chi connectivity index (χ0n) is 11.2. The standard InChI is InChI=1S/C15H12FN3O2/c1-21-13-4-2-3-11(14(13)18)15(20)19-12-6-5-10(16)7-9(12)8-17/h2-7H,18H2,1H3,(H,19,20). The highest BCUT2D eigenvalue weighted by Crippen LogP contribution is 2.26. The number of methoxy groups -OCH3 is 1. The topological polar surface area (TPSA) is 88.1 Å². The van der Waals surface area contributed by atoms with Gasteiger partial charge in [-0.15, -0.1) is 0 Å². The van der Waals surface area contributed by atoms with Gasteiger partial charge in [0.2, 0.25) is 0 Å². The number of nitriles is 1. The van der Waals surface area contributed by atoms with Crippen LogP contribution in [0.15, 0.2) is 36.4 Å². The lowest BCUT2D eigenvalue weighted by molar-refractivity contribution is 0.102. The summed E-state index contributed by atoms with van der Waals surface area (Å²) in [7, 11) is 1.45. The number of nitrogens with zero attached hydrogens (tertiary/aromatic N) is 1. The number of nitrogens with one attached hydrogen (secondary N) is 1. The molecule has 2 rings (SSSR count). The second-order valence-electron chi connectivity index (χ2n) is 4.18. The number of carbonyl (C=O) groups is 1. The van der Waals surface area contributed by atoms with Crippen LogP contribution in [0.25, 0.3) is 0 Å². The fourth-order valence-electron chi connectivity index (χ4n) is 1.83. The molecule has 2 aromatic rings. The molecule has 0 unspecified atom stereocenters. The molecule has 6 heteroatoms. The zero-order valence-corrected chi connectivity index (χ0v) is 11.2. The Morgan fingerprint density at radius 3 is 2.81 bits per heavy atom. The molecule has 0 saturated carbocycles. The Hall–Kier alpha value is -3.07. The molecule has 106 valence electrons. The van der Waals surface area contributed by atoms with E-state index < -0.39 is 11.7 Å². The van der Waals surface area contributed by atoms with Gasteiger partial charge in [0.25, 0.3) is 5.91 Å². The van der Waals surface area contributed by atoms with Gasteiger partial charge in [0, 0.05) is 0 Å². The highest BCUT2D eigenvalue weighted by atomic mass is 19.1. The van der Waals surface area contributed by atoms with E-state index in [1.54, 1.807) is 12.1 Å². The van der Waals surface area contributed by atoms with E-state index in [9.17, 15) is 9.18 Å². The van der Waals surface area contributed by atoms with Gasteiger partial charge in [0.05, 0.1) is 29.6 Å². The van der Waals surface area contributed by atoms with Crippen LogP contribution >= 0.6 is 0 Å². The molecule has 3 N–H and O–H groups in total. The molecule has 0 bridgehead atoms. The van der Waals surface area contributed by atoms with Crippen LogP contribution in [0.2, 0.25) is 0 Å². The molecule has 1 amide bonds. The van der Waals surface area contributed by atoms with Gasteiger partial charge in [-0.1, -0.05) is 6.07 Å². The van der Waals surface area contributed by atoms with Gasteiger partial charge in [-0.05, 0) is 30.3 Å². The SMILES string of the molecule is COc1cccc(C(=O)Nc2ccc(F)cc2C#N)c1N. The van der Waals surface area contributed by atoms with E-state index in [4.69, 9.17) is 15.7 Å². The van der Waals surface area contributed by atoms with Crippen molar-refractivity contribution in [3.8, 4) is 11.8 Å². The number of amides is 1. The smallest absolute Gasteiger partial charge is 0.257 e. The van der Waals surface area contributed by atoms with Crippen molar-refractivity contribution in [2.45, 2.75) is 0 Å². The number of carbonyl (C=O) groups excluding carboxylic acids is 1. The second kappa shape index (κ2) is 5.92. The second-order valence-corrected chi connectivity index (χ2v) is 4.18. The van der Waals surface area contributed by atoms with Gasteiger partial charge < -0.3 is 15.8 Å². The molecule has 0 fully saturated rings. The zero-order chi connectivity index (χ0) is 15.4. The molecular formula is C15H12FN3O2. The number of halogens is 1. The Morgan fingerprint density at radius 1 is 1.38 bits per heavy atom. The van der Waals surface area contributed by atoms with Crippen molar-refractivity contribution >= 4 is 17.3 Å². The van der Waals surface area contributed by atoms with Crippen LogP contribution in [0.4, 0.5) is 15.8 Å². The molecule has 0 radical (unpaired) electrons. The molecule has 0 aliphatic heterocycles. The molecule has 0 aliphatic rings. The van der Waals surface area contributed by atoms with Crippen LogP contribution in [-0.4, -0.2) is 13.0 Å². The van der Waals surface area contributed by atoms with Crippen molar-refractivity contribution < 1.29 is 13.9 Å². The first-order valence-electron chi connectivity index (χ1n) is 6.00. The largest absolute Gasteiger partial charge is 0.495 e. The van der Waals surface area contributed by atoms with Crippen molar-refractivity contribution in [1.29, 1.82) is 5.26 Å². The van der Waals surface area contributed by atoms with E-state index >= 15 is 0 Å². The van der Waals surface area contributed by atoms with E-state index in [-0.39, 0.29) is 22.5 Å². The van der Waals surface area contributed by atoms with Crippen molar-refractivity contribution in [3.63, 3.8) is 0 Å². The Kier molecular flexibility index (Phi) is 4.05. The summed E-state index contributed by atoms with van der Waals surface area (Å²) in [6.07, 6.45) is 0. The average Bonchev–Trinajstić information content (AvgIpc) is 2.49. The van der Waals surface area contributed by atoms with Crippen molar-refractivity contribution in [3.05, 3.63) is 53.3 Å². The lowest BCUT2D eigenvalue weighted by atomic mass is 10.1. The van der Waals surface area contributed by atoms with Crippen LogP contribution < -0.4 is 15.8 Å². The predicted octanol–water partition coefficient (Wildman–Crippen LogP) is 2.54. The molecule has 0 aromatic heterocycles. The molecule has 2 aromatic carbocycles. The summed E-state index contributed by atoms with van der Waals surface area (Å²) in [5.74, 6) is -0.679. The van der Waals surface area contributed by atoms with Crippen LogP contribution in [0.3, 0.4) is 0 Å². The first-order valence-corrected chi connectivity index (χ1v) is 6.00. The fourth-order valence-corrected chi connectivity index (χ4v) is 1.83. The van der Waals surface area contributed by atoms with Gasteiger partial charge in [-0.25, -0.2) is 4.39 Å². The molecule has 5 nitrogen and oxygen atoms in total. The van der Waals surface area contributed by atoms with E-state index in [0.29, 0.717) is 5.75 Å². The maximum atomic E-state index is 13.1. The summed E-state index contributed by atoms with van der Waals surface area (Å²) < 4.78 is 18.1. The third-order valence-corrected chi connectivity index (χ3v) is 2.88. The lowest BCUT2D eigenvalue weighted by Crippen LogP contribution is -2.15. The molecular weight excluding hydrogens is 273 g/mol. The van der Waals surface area contributed by atoms with Gasteiger partial charge in [0.15, 0.2) is 0 Å². The molecule has 0 spiro atoms. The minimum atomic E-state index is -0.551. The molecule has 0 saturated heterocycles. The number of nitrogens with two attached hydrogens (primary N) is 1. The molecule has 0 heterocycles. The Labute approximate surface area is 120 Å². The minimum absolute atomic E-state index is 0.0322. The van der Waals surface area contributed by atoms with Gasteiger partial charge >= 0.3 is 0 Å². The van der Waals surface area contributed by atoms with Gasteiger partial charge in [0.1, 0.15) is 17.6 Å². The molecule has 21 heavy (non-hydrogen) atoms. The summed E-state index contributed by atoms with van der Waals surface area (Å²) in [5.41, 5.74) is 6.48. The third kappa shape index (κ3) is 2.92. The van der Waals surface area contributed by atoms with Crippen molar-refractivity contribution in [2.75, 3.05) is 18.2 Å².